The van der Waals surface area contributed by atoms with E-state index in [-0.39, 0.29) is 0 Å². The van der Waals surface area contributed by atoms with Gasteiger partial charge in [0, 0.05) is 3.57 Å². The molecule has 0 aliphatic carbocycles. The van der Waals surface area contributed by atoms with Gasteiger partial charge in [-0.3, -0.25) is 5.32 Å². The van der Waals surface area contributed by atoms with E-state index in [0.717, 1.165) is 0 Å². The van der Waals surface area contributed by atoms with E-state index >= 15 is 0 Å². The molecule has 0 fully saturated rings. The van der Waals surface area contributed by atoms with Crippen molar-refractivity contribution in [1.29, 1.82) is 0 Å². The number of hydrogen-bond acceptors (Lipinski definition) is 4. The molecule has 0 radical (unpaired) electrons. The Labute approximate surface area is 125 Å². The average molecular weight is 377 g/mol. The lowest BCUT2D eigenvalue weighted by molar-refractivity contribution is 0.0600. The Balaban J connectivity index is 2.99. The molecule has 6 heteroatoms. The number of hydrogen-bond donors (Lipinski definition) is 1. The smallest absolute Gasteiger partial charge is 0.412 e. The van der Waals surface area contributed by atoms with Crippen LogP contribution in [0.2, 0.25) is 0 Å². The van der Waals surface area contributed by atoms with E-state index in [1.807, 2.05) is 22.6 Å². The molecular formula is C13H16INO4. The minimum absolute atomic E-state index is 0.316. The maximum atomic E-state index is 11.7. The summed E-state index contributed by atoms with van der Waals surface area (Å²) in [5.74, 6) is -0.504. The van der Waals surface area contributed by atoms with Crippen molar-refractivity contribution in [2.75, 3.05) is 12.4 Å². The molecule has 1 N–H and O–H groups in total. The van der Waals surface area contributed by atoms with Crippen LogP contribution in [-0.4, -0.2) is 24.8 Å². The fourth-order valence-electron chi connectivity index (χ4n) is 1.35. The van der Waals surface area contributed by atoms with Crippen molar-refractivity contribution in [1.82, 2.24) is 0 Å². The Morgan fingerprint density at radius 2 is 1.89 bits per heavy atom. The lowest BCUT2D eigenvalue weighted by Gasteiger charge is -2.20. The van der Waals surface area contributed by atoms with Gasteiger partial charge < -0.3 is 9.47 Å². The second kappa shape index (κ2) is 6.23. The summed E-state index contributed by atoms with van der Waals surface area (Å²) in [6.45, 7) is 5.30. The van der Waals surface area contributed by atoms with E-state index in [0.29, 0.717) is 14.8 Å². The summed E-state index contributed by atoms with van der Waals surface area (Å²) < 4.78 is 10.5. The zero-order chi connectivity index (χ0) is 14.6. The van der Waals surface area contributed by atoms with Gasteiger partial charge in [0.1, 0.15) is 5.60 Å². The van der Waals surface area contributed by atoms with Gasteiger partial charge in [0.15, 0.2) is 0 Å². The van der Waals surface area contributed by atoms with Crippen molar-refractivity contribution in [3.63, 3.8) is 0 Å². The quantitative estimate of drug-likeness (QED) is 0.634. The number of esters is 1. The predicted octanol–water partition coefficient (Wildman–Crippen LogP) is 3.42. The topological polar surface area (TPSA) is 64.6 Å². The van der Waals surface area contributed by atoms with Gasteiger partial charge in [0.05, 0.1) is 18.4 Å². The Kier molecular flexibility index (Phi) is 5.16. The summed E-state index contributed by atoms with van der Waals surface area (Å²) in [5.41, 5.74) is 0.0849. The molecule has 0 aromatic heterocycles. The first kappa shape index (κ1) is 15.7. The molecule has 0 heterocycles. The van der Waals surface area contributed by atoms with Crippen LogP contribution in [0.1, 0.15) is 31.1 Å². The van der Waals surface area contributed by atoms with E-state index in [4.69, 9.17) is 9.47 Å². The van der Waals surface area contributed by atoms with Crippen molar-refractivity contribution in [2.24, 2.45) is 0 Å². The first-order chi connectivity index (χ1) is 8.74. The highest BCUT2D eigenvalue weighted by Gasteiger charge is 2.20. The minimum Gasteiger partial charge on any atom is -0.465 e. The van der Waals surface area contributed by atoms with Crippen LogP contribution in [0.3, 0.4) is 0 Å². The molecule has 0 aliphatic rings. The Morgan fingerprint density at radius 3 is 2.42 bits per heavy atom. The summed E-state index contributed by atoms with van der Waals surface area (Å²) in [6.07, 6.45) is -0.611. The van der Waals surface area contributed by atoms with Crippen molar-refractivity contribution >= 4 is 40.3 Å². The fraction of sp³-hybridized carbons (Fsp3) is 0.385. The van der Waals surface area contributed by atoms with Crippen molar-refractivity contribution in [3.05, 3.63) is 27.3 Å². The second-order valence-corrected chi connectivity index (χ2v) is 5.94. The zero-order valence-electron chi connectivity index (χ0n) is 11.2. The van der Waals surface area contributed by atoms with Crippen molar-refractivity contribution in [2.45, 2.75) is 26.4 Å². The van der Waals surface area contributed by atoms with Crippen LogP contribution >= 0.6 is 22.6 Å². The van der Waals surface area contributed by atoms with E-state index in [1.54, 1.807) is 39.0 Å². The molecule has 0 saturated carbocycles. The number of carbonyl (C=O) groups is 2. The van der Waals surface area contributed by atoms with Gasteiger partial charge >= 0.3 is 12.1 Å². The lowest BCUT2D eigenvalue weighted by Crippen LogP contribution is -2.28. The van der Waals surface area contributed by atoms with E-state index < -0.39 is 17.7 Å². The summed E-state index contributed by atoms with van der Waals surface area (Å²) in [5, 5.41) is 2.56. The molecule has 0 bridgehead atoms. The Hall–Kier alpha value is -1.31. The van der Waals surface area contributed by atoms with Crippen LogP contribution < -0.4 is 5.32 Å². The molecule has 104 valence electrons. The van der Waals surface area contributed by atoms with E-state index in [2.05, 4.69) is 5.32 Å². The number of amides is 1. The van der Waals surface area contributed by atoms with Gasteiger partial charge in [-0.1, -0.05) is 6.07 Å². The predicted molar refractivity (Wildman–Crippen MR) is 80.4 cm³/mol. The molecule has 19 heavy (non-hydrogen) atoms. The number of anilines is 1. The first-order valence-corrected chi connectivity index (χ1v) is 6.69. The number of ether oxygens (including phenoxy) is 2. The van der Waals surface area contributed by atoms with Gasteiger partial charge in [-0.15, -0.1) is 0 Å². The second-order valence-electron chi connectivity index (χ2n) is 4.78. The fourth-order valence-corrected chi connectivity index (χ4v) is 2.07. The molecular weight excluding hydrogens is 361 g/mol. The molecule has 0 spiro atoms. The SMILES string of the molecule is COC(=O)c1c(I)cccc1NC(=O)OC(C)(C)C. The number of halogens is 1. The molecule has 0 saturated heterocycles. The normalized spacial score (nSPS) is 10.8. The summed E-state index contributed by atoms with van der Waals surface area (Å²) in [7, 11) is 1.29. The van der Waals surface area contributed by atoms with Crippen LogP contribution in [0, 0.1) is 3.57 Å². The van der Waals surface area contributed by atoms with Crippen LogP contribution in [-0.2, 0) is 9.47 Å². The summed E-state index contributed by atoms with van der Waals surface area (Å²) in [4.78, 5) is 23.4. The first-order valence-electron chi connectivity index (χ1n) is 5.61. The minimum atomic E-state index is -0.611. The maximum absolute atomic E-state index is 11.7. The van der Waals surface area contributed by atoms with Gasteiger partial charge in [-0.25, -0.2) is 9.59 Å². The van der Waals surface area contributed by atoms with Crippen LogP contribution in [0.5, 0.6) is 0 Å². The van der Waals surface area contributed by atoms with Gasteiger partial charge in [-0.2, -0.15) is 0 Å². The average Bonchev–Trinajstić information content (AvgIpc) is 2.25. The monoisotopic (exact) mass is 377 g/mol. The molecule has 5 nitrogen and oxygen atoms in total. The number of methoxy groups -OCH3 is 1. The van der Waals surface area contributed by atoms with E-state index in [9.17, 15) is 9.59 Å². The molecule has 0 atom stereocenters. The van der Waals surface area contributed by atoms with Crippen molar-refractivity contribution < 1.29 is 19.1 Å². The van der Waals surface area contributed by atoms with Crippen LogP contribution in [0.25, 0.3) is 0 Å². The highest BCUT2D eigenvalue weighted by atomic mass is 127. The lowest BCUT2D eigenvalue weighted by atomic mass is 10.2. The number of benzene rings is 1. The van der Waals surface area contributed by atoms with Gasteiger partial charge in [0.25, 0.3) is 0 Å². The van der Waals surface area contributed by atoms with Gasteiger partial charge in [-0.05, 0) is 55.5 Å². The Bertz CT molecular complexity index is 494. The molecule has 0 unspecified atom stereocenters. The van der Waals surface area contributed by atoms with E-state index in [1.165, 1.54) is 7.11 Å². The third-order valence-electron chi connectivity index (χ3n) is 2.04. The molecule has 0 aliphatic heterocycles. The zero-order valence-corrected chi connectivity index (χ0v) is 13.4. The summed E-state index contributed by atoms with van der Waals surface area (Å²) in [6, 6.07) is 5.12. The maximum Gasteiger partial charge on any atom is 0.412 e. The highest BCUT2D eigenvalue weighted by molar-refractivity contribution is 14.1. The highest BCUT2D eigenvalue weighted by Crippen LogP contribution is 2.23. The molecule has 1 rings (SSSR count). The molecule has 1 aromatic carbocycles. The molecule has 1 amide bonds. The number of nitrogens with one attached hydrogen (secondary N) is 1. The van der Waals surface area contributed by atoms with Crippen LogP contribution in [0.15, 0.2) is 18.2 Å². The molecule has 1 aromatic rings. The third-order valence-corrected chi connectivity index (χ3v) is 2.94. The van der Waals surface area contributed by atoms with Crippen molar-refractivity contribution in [3.8, 4) is 0 Å². The standard InChI is InChI=1S/C13H16INO4/c1-13(2,3)19-12(17)15-9-7-5-6-8(14)10(9)11(16)18-4/h5-7H,1-4H3,(H,15,17). The largest absolute Gasteiger partial charge is 0.465 e. The third kappa shape index (κ3) is 4.70. The Morgan fingerprint density at radius 1 is 1.26 bits per heavy atom. The van der Waals surface area contributed by atoms with Gasteiger partial charge in [0.2, 0.25) is 0 Å². The number of rotatable bonds is 2. The summed E-state index contributed by atoms with van der Waals surface area (Å²) >= 11 is 2.01. The number of carbonyl (C=O) groups excluding carboxylic acids is 2. The van der Waals surface area contributed by atoms with Crippen LogP contribution in [0.4, 0.5) is 10.5 Å².